The lowest BCUT2D eigenvalue weighted by Crippen LogP contribution is -2.43. The van der Waals surface area contributed by atoms with Crippen LogP contribution in [0.2, 0.25) is 0 Å². The van der Waals surface area contributed by atoms with Crippen LogP contribution < -0.4 is 15.2 Å². The number of aliphatic carboxylic acids is 1. The first-order valence-corrected chi connectivity index (χ1v) is 9.09. The summed E-state index contributed by atoms with van der Waals surface area (Å²) in [5, 5.41) is 9.75. The Morgan fingerprint density at radius 1 is 0.963 bits per heavy atom. The van der Waals surface area contributed by atoms with Gasteiger partial charge < -0.3 is 20.3 Å². The molecule has 0 spiro atoms. The van der Waals surface area contributed by atoms with Gasteiger partial charge in [0.15, 0.2) is 0 Å². The van der Waals surface area contributed by atoms with Crippen LogP contribution in [0.1, 0.15) is 38.8 Å². The zero-order valence-electron chi connectivity index (χ0n) is 16.5. The first-order valence-electron chi connectivity index (χ1n) is 9.09. The monoisotopic (exact) mass is 371 g/mol. The van der Waals surface area contributed by atoms with Crippen molar-refractivity contribution < 1.29 is 19.4 Å². The molecule has 0 heterocycles. The van der Waals surface area contributed by atoms with E-state index in [-0.39, 0.29) is 11.8 Å². The molecular weight excluding hydrogens is 342 g/mol. The molecule has 27 heavy (non-hydrogen) atoms. The molecule has 2 rings (SSSR count). The number of hydrogen-bond donors (Lipinski definition) is 2. The van der Waals surface area contributed by atoms with Gasteiger partial charge in [-0.2, -0.15) is 0 Å². The summed E-state index contributed by atoms with van der Waals surface area (Å²) in [7, 11) is 0. The van der Waals surface area contributed by atoms with Crippen LogP contribution in [0.5, 0.6) is 11.5 Å². The van der Waals surface area contributed by atoms with Crippen LogP contribution in [-0.2, 0) is 16.6 Å². The lowest BCUT2D eigenvalue weighted by atomic mass is 9.87. The van der Waals surface area contributed by atoms with Crippen LogP contribution in [-0.4, -0.2) is 29.8 Å². The summed E-state index contributed by atoms with van der Waals surface area (Å²) >= 11 is 0. The van der Waals surface area contributed by atoms with Gasteiger partial charge in [-0.1, -0.05) is 45.0 Å². The number of carboxylic acid groups (broad SMARTS) is 1. The largest absolute Gasteiger partial charge is 0.492 e. The fraction of sp³-hybridized carbons (Fsp3) is 0.409. The number of rotatable bonds is 8. The van der Waals surface area contributed by atoms with E-state index in [1.165, 1.54) is 5.56 Å². The Morgan fingerprint density at radius 2 is 1.52 bits per heavy atom. The number of nitrogens with two attached hydrogens (primary N) is 1. The quantitative estimate of drug-likeness (QED) is 0.738. The molecule has 2 aromatic rings. The van der Waals surface area contributed by atoms with E-state index in [1.807, 2.05) is 48.5 Å². The van der Waals surface area contributed by atoms with E-state index >= 15 is 0 Å². The van der Waals surface area contributed by atoms with E-state index in [9.17, 15) is 9.90 Å². The van der Waals surface area contributed by atoms with Crippen LogP contribution in [0, 0.1) is 0 Å². The van der Waals surface area contributed by atoms with E-state index in [1.54, 1.807) is 6.92 Å². The maximum Gasteiger partial charge on any atom is 0.348 e. The van der Waals surface area contributed by atoms with Gasteiger partial charge in [-0.25, -0.2) is 4.79 Å². The van der Waals surface area contributed by atoms with Crippen LogP contribution >= 0.6 is 0 Å². The van der Waals surface area contributed by atoms with Crippen molar-refractivity contribution in [2.24, 2.45) is 5.73 Å². The number of carbonyl (C=O) groups is 1. The Bertz CT molecular complexity index is 747. The van der Waals surface area contributed by atoms with Crippen molar-refractivity contribution in [2.75, 3.05) is 13.2 Å². The lowest BCUT2D eigenvalue weighted by molar-refractivity contribution is -0.153. The zero-order chi connectivity index (χ0) is 20.1. The Hall–Kier alpha value is -2.53. The van der Waals surface area contributed by atoms with Gasteiger partial charge in [0.1, 0.15) is 18.1 Å². The highest BCUT2D eigenvalue weighted by Gasteiger charge is 2.36. The molecule has 0 aliphatic rings. The summed E-state index contributed by atoms with van der Waals surface area (Å²) in [4.78, 5) is 11.9. The van der Waals surface area contributed by atoms with Crippen molar-refractivity contribution in [3.05, 3.63) is 59.7 Å². The Morgan fingerprint density at radius 3 is 2.00 bits per heavy atom. The molecular formula is C22H29NO4. The van der Waals surface area contributed by atoms with Gasteiger partial charge in [-0.15, -0.1) is 0 Å². The highest BCUT2D eigenvalue weighted by molar-refractivity contribution is 5.78. The summed E-state index contributed by atoms with van der Waals surface area (Å²) in [6.07, 6.45) is 0.237. The fourth-order valence-corrected chi connectivity index (χ4v) is 2.71. The second-order valence-electron chi connectivity index (χ2n) is 7.87. The SMILES string of the molecule is CC(Cc1ccc(OCCN)cc1)(Oc1ccc(C(C)(C)C)cc1)C(=O)O. The summed E-state index contributed by atoms with van der Waals surface area (Å²) in [5.41, 5.74) is 6.10. The second kappa shape index (κ2) is 8.44. The minimum atomic E-state index is -1.37. The molecule has 0 aromatic heterocycles. The maximum absolute atomic E-state index is 11.9. The first kappa shape index (κ1) is 20.8. The van der Waals surface area contributed by atoms with Gasteiger partial charge in [-0.3, -0.25) is 0 Å². The lowest BCUT2D eigenvalue weighted by Gasteiger charge is -2.27. The summed E-state index contributed by atoms with van der Waals surface area (Å²) < 4.78 is 11.3. The molecule has 5 heteroatoms. The summed E-state index contributed by atoms with van der Waals surface area (Å²) in [5.74, 6) is 0.238. The summed E-state index contributed by atoms with van der Waals surface area (Å²) in [6, 6.07) is 14.9. The van der Waals surface area contributed by atoms with Gasteiger partial charge in [-0.05, 0) is 47.7 Å². The molecule has 0 radical (unpaired) electrons. The Balaban J connectivity index is 2.13. The molecule has 0 aliphatic heterocycles. The molecule has 1 atom stereocenters. The first-order chi connectivity index (χ1) is 12.6. The molecule has 146 valence electrons. The number of hydrogen-bond acceptors (Lipinski definition) is 4. The van der Waals surface area contributed by atoms with Crippen molar-refractivity contribution >= 4 is 5.97 Å². The zero-order valence-corrected chi connectivity index (χ0v) is 16.5. The number of ether oxygens (including phenoxy) is 2. The number of benzene rings is 2. The van der Waals surface area contributed by atoms with Crippen molar-refractivity contribution in [2.45, 2.75) is 45.1 Å². The normalized spacial score (nSPS) is 13.7. The van der Waals surface area contributed by atoms with Crippen molar-refractivity contribution in [3.8, 4) is 11.5 Å². The van der Waals surface area contributed by atoms with Crippen molar-refractivity contribution in [3.63, 3.8) is 0 Å². The third-order valence-corrected chi connectivity index (χ3v) is 4.37. The van der Waals surface area contributed by atoms with Gasteiger partial charge in [0, 0.05) is 13.0 Å². The Kier molecular flexibility index (Phi) is 6.50. The van der Waals surface area contributed by atoms with Crippen LogP contribution in [0.15, 0.2) is 48.5 Å². The van der Waals surface area contributed by atoms with Gasteiger partial charge in [0.25, 0.3) is 0 Å². The minimum Gasteiger partial charge on any atom is -0.492 e. The summed E-state index contributed by atoms with van der Waals surface area (Å²) in [6.45, 7) is 8.87. The average molecular weight is 371 g/mol. The second-order valence-corrected chi connectivity index (χ2v) is 7.87. The minimum absolute atomic E-state index is 0.0301. The van der Waals surface area contributed by atoms with Crippen LogP contribution in [0.3, 0.4) is 0 Å². The molecule has 0 bridgehead atoms. The molecule has 0 amide bonds. The highest BCUT2D eigenvalue weighted by Crippen LogP contribution is 2.28. The van der Waals surface area contributed by atoms with E-state index < -0.39 is 11.6 Å². The molecule has 0 saturated carbocycles. The van der Waals surface area contributed by atoms with E-state index in [0.717, 1.165) is 5.56 Å². The molecule has 3 N–H and O–H groups in total. The molecule has 0 saturated heterocycles. The van der Waals surface area contributed by atoms with Gasteiger partial charge in [0.05, 0.1) is 0 Å². The Labute approximate surface area is 161 Å². The third-order valence-electron chi connectivity index (χ3n) is 4.37. The topological polar surface area (TPSA) is 81.8 Å². The molecule has 2 aromatic carbocycles. The van der Waals surface area contributed by atoms with Crippen molar-refractivity contribution in [1.82, 2.24) is 0 Å². The smallest absolute Gasteiger partial charge is 0.348 e. The molecule has 0 fully saturated rings. The average Bonchev–Trinajstić information content (AvgIpc) is 2.60. The van der Waals surface area contributed by atoms with Gasteiger partial charge >= 0.3 is 5.97 Å². The highest BCUT2D eigenvalue weighted by atomic mass is 16.5. The maximum atomic E-state index is 11.9. The number of carboxylic acids is 1. The van der Waals surface area contributed by atoms with Crippen molar-refractivity contribution in [1.29, 1.82) is 0 Å². The predicted octanol–water partition coefficient (Wildman–Crippen LogP) is 3.79. The van der Waals surface area contributed by atoms with E-state index in [4.69, 9.17) is 15.2 Å². The molecule has 0 aliphatic carbocycles. The van der Waals surface area contributed by atoms with E-state index in [2.05, 4.69) is 20.8 Å². The fourth-order valence-electron chi connectivity index (χ4n) is 2.71. The molecule has 5 nitrogen and oxygen atoms in total. The van der Waals surface area contributed by atoms with E-state index in [0.29, 0.717) is 24.7 Å². The van der Waals surface area contributed by atoms with Gasteiger partial charge in [0.2, 0.25) is 5.60 Å². The predicted molar refractivity (Wildman–Crippen MR) is 107 cm³/mol. The standard InChI is InChI=1S/C22H29NO4/c1-21(2,3)17-7-11-19(12-8-17)27-22(4,20(24)25)15-16-5-9-18(10-6-16)26-14-13-23/h5-12H,13-15,23H2,1-4H3,(H,24,25). The molecule has 1 unspecified atom stereocenters. The van der Waals surface area contributed by atoms with Crippen LogP contribution in [0.25, 0.3) is 0 Å². The third kappa shape index (κ3) is 5.73. The van der Waals surface area contributed by atoms with Crippen LogP contribution in [0.4, 0.5) is 0 Å².